The molecule has 0 saturated heterocycles. The topological polar surface area (TPSA) is 39.9 Å². The molecule has 1 aromatic carbocycles. The maximum atomic E-state index is 9.23. The molecule has 0 spiro atoms. The predicted octanol–water partition coefficient (Wildman–Crippen LogP) is 3.29. The lowest BCUT2D eigenvalue weighted by Gasteiger charge is -2.24. The summed E-state index contributed by atoms with van der Waals surface area (Å²) in [4.78, 5) is 6.52. The summed E-state index contributed by atoms with van der Waals surface area (Å²) in [7, 11) is 0. The Morgan fingerprint density at radius 1 is 1.26 bits per heavy atom. The fourth-order valence-corrected chi connectivity index (χ4v) is 2.05. The van der Waals surface area contributed by atoms with Crippen LogP contribution < -0.4 is 4.90 Å². The van der Waals surface area contributed by atoms with Gasteiger partial charge in [0.1, 0.15) is 6.07 Å². The first-order valence-corrected chi connectivity index (χ1v) is 6.40. The molecule has 0 saturated carbocycles. The molecule has 1 heterocycles. The smallest absolute Gasteiger partial charge is 0.101 e. The van der Waals surface area contributed by atoms with Crippen molar-refractivity contribution >= 4 is 5.69 Å². The summed E-state index contributed by atoms with van der Waals surface area (Å²) in [5.74, 6) is 0. The van der Waals surface area contributed by atoms with Gasteiger partial charge >= 0.3 is 0 Å². The number of rotatable bonds is 4. The molecule has 0 fully saturated rings. The van der Waals surface area contributed by atoms with Crippen LogP contribution in [0.4, 0.5) is 5.69 Å². The van der Waals surface area contributed by atoms with Crippen LogP contribution >= 0.6 is 0 Å². The molecule has 0 radical (unpaired) electrons. The summed E-state index contributed by atoms with van der Waals surface area (Å²) in [6.07, 6.45) is 1.80. The summed E-state index contributed by atoms with van der Waals surface area (Å²) >= 11 is 0. The zero-order valence-corrected chi connectivity index (χ0v) is 11.3. The van der Waals surface area contributed by atoms with Crippen LogP contribution in [0.3, 0.4) is 0 Å². The molecule has 2 aromatic rings. The van der Waals surface area contributed by atoms with Crippen LogP contribution in [0.1, 0.15) is 23.7 Å². The third-order valence-electron chi connectivity index (χ3n) is 3.08. The number of nitriles is 1. The summed E-state index contributed by atoms with van der Waals surface area (Å²) in [6.45, 7) is 5.69. The van der Waals surface area contributed by atoms with Gasteiger partial charge in [-0.15, -0.1) is 0 Å². The van der Waals surface area contributed by atoms with Crippen molar-refractivity contribution in [1.29, 1.82) is 5.26 Å². The van der Waals surface area contributed by atoms with Gasteiger partial charge in [0.05, 0.1) is 23.5 Å². The van der Waals surface area contributed by atoms with Gasteiger partial charge in [-0.05, 0) is 43.7 Å². The summed E-state index contributed by atoms with van der Waals surface area (Å²) in [6, 6.07) is 14.1. The van der Waals surface area contributed by atoms with Crippen LogP contribution in [-0.2, 0) is 6.54 Å². The highest BCUT2D eigenvalue weighted by Crippen LogP contribution is 2.23. The molecule has 0 amide bonds. The van der Waals surface area contributed by atoms with Crippen molar-refractivity contribution in [3.05, 3.63) is 59.4 Å². The average Bonchev–Trinajstić information content (AvgIpc) is 2.46. The molecule has 96 valence electrons. The van der Waals surface area contributed by atoms with Crippen molar-refractivity contribution in [2.75, 3.05) is 11.4 Å². The van der Waals surface area contributed by atoms with Crippen LogP contribution in [0.25, 0.3) is 0 Å². The van der Waals surface area contributed by atoms with Gasteiger partial charge in [-0.1, -0.05) is 12.1 Å². The number of anilines is 1. The van der Waals surface area contributed by atoms with E-state index in [0.29, 0.717) is 5.56 Å². The fourth-order valence-electron chi connectivity index (χ4n) is 2.05. The van der Waals surface area contributed by atoms with E-state index in [1.807, 2.05) is 37.3 Å². The Hall–Kier alpha value is -2.34. The lowest BCUT2D eigenvalue weighted by atomic mass is 10.1. The van der Waals surface area contributed by atoms with Gasteiger partial charge < -0.3 is 4.90 Å². The molecule has 1 aromatic heterocycles. The van der Waals surface area contributed by atoms with Crippen molar-refractivity contribution in [1.82, 2.24) is 4.98 Å². The quantitative estimate of drug-likeness (QED) is 0.837. The standard InChI is InChI=1S/C16H17N3/c1-3-19(12-15-6-4-5-9-18-15)16-10-13(2)7-8-14(16)11-17/h4-10H,3,12H2,1-2H3. The molecular weight excluding hydrogens is 234 g/mol. The molecule has 3 heteroatoms. The zero-order chi connectivity index (χ0) is 13.7. The number of aryl methyl sites for hydroxylation is 1. The molecular formula is C16H17N3. The van der Waals surface area contributed by atoms with E-state index in [9.17, 15) is 5.26 Å². The molecule has 2 rings (SSSR count). The van der Waals surface area contributed by atoms with Gasteiger partial charge in [0.15, 0.2) is 0 Å². The van der Waals surface area contributed by atoms with Gasteiger partial charge in [0.2, 0.25) is 0 Å². The lowest BCUT2D eigenvalue weighted by molar-refractivity contribution is 0.808. The van der Waals surface area contributed by atoms with Crippen molar-refractivity contribution < 1.29 is 0 Å². The maximum absolute atomic E-state index is 9.23. The average molecular weight is 251 g/mol. The molecule has 0 N–H and O–H groups in total. The summed E-state index contributed by atoms with van der Waals surface area (Å²) < 4.78 is 0. The number of benzene rings is 1. The van der Waals surface area contributed by atoms with E-state index in [1.165, 1.54) is 0 Å². The van der Waals surface area contributed by atoms with Crippen LogP contribution in [0.5, 0.6) is 0 Å². The number of pyridine rings is 1. The third kappa shape index (κ3) is 3.11. The number of hydrogen-bond acceptors (Lipinski definition) is 3. The minimum atomic E-state index is 0.711. The first kappa shape index (κ1) is 13.1. The van der Waals surface area contributed by atoms with Gasteiger partial charge in [-0.3, -0.25) is 4.98 Å². The zero-order valence-electron chi connectivity index (χ0n) is 11.3. The predicted molar refractivity (Wildman–Crippen MR) is 76.9 cm³/mol. The Kier molecular flexibility index (Phi) is 4.15. The molecule has 0 aliphatic heterocycles. The number of aromatic nitrogens is 1. The van der Waals surface area contributed by atoms with Crippen molar-refractivity contribution in [3.63, 3.8) is 0 Å². The molecule has 0 unspecified atom stereocenters. The Bertz CT molecular complexity index is 585. The summed E-state index contributed by atoms with van der Waals surface area (Å²) in [5, 5.41) is 9.23. The Morgan fingerprint density at radius 2 is 2.11 bits per heavy atom. The van der Waals surface area contributed by atoms with Gasteiger partial charge in [-0.25, -0.2) is 0 Å². The molecule has 0 atom stereocenters. The SMILES string of the molecule is CCN(Cc1ccccn1)c1cc(C)ccc1C#N. The number of nitrogens with zero attached hydrogens (tertiary/aromatic N) is 3. The van der Waals surface area contributed by atoms with Gasteiger partial charge in [0.25, 0.3) is 0 Å². The third-order valence-corrected chi connectivity index (χ3v) is 3.08. The van der Waals surface area contributed by atoms with Crippen LogP contribution in [0.2, 0.25) is 0 Å². The Balaban J connectivity index is 2.32. The molecule has 0 aliphatic carbocycles. The fraction of sp³-hybridized carbons (Fsp3) is 0.250. The van der Waals surface area contributed by atoms with E-state index in [1.54, 1.807) is 6.20 Å². The van der Waals surface area contributed by atoms with Crippen molar-refractivity contribution in [2.45, 2.75) is 20.4 Å². The second-order valence-corrected chi connectivity index (χ2v) is 4.47. The molecule has 0 bridgehead atoms. The van der Waals surface area contributed by atoms with Crippen LogP contribution in [-0.4, -0.2) is 11.5 Å². The van der Waals surface area contributed by atoms with Crippen LogP contribution in [0.15, 0.2) is 42.6 Å². The Morgan fingerprint density at radius 3 is 2.74 bits per heavy atom. The van der Waals surface area contributed by atoms with Gasteiger partial charge in [0, 0.05) is 12.7 Å². The minimum absolute atomic E-state index is 0.711. The van der Waals surface area contributed by atoms with E-state index < -0.39 is 0 Å². The minimum Gasteiger partial charge on any atom is -0.365 e. The van der Waals surface area contributed by atoms with Crippen molar-refractivity contribution in [2.24, 2.45) is 0 Å². The monoisotopic (exact) mass is 251 g/mol. The van der Waals surface area contributed by atoms with E-state index in [-0.39, 0.29) is 0 Å². The lowest BCUT2D eigenvalue weighted by Crippen LogP contribution is -2.23. The molecule has 19 heavy (non-hydrogen) atoms. The maximum Gasteiger partial charge on any atom is 0.101 e. The first-order chi connectivity index (χ1) is 9.24. The highest BCUT2D eigenvalue weighted by Gasteiger charge is 2.11. The highest BCUT2D eigenvalue weighted by atomic mass is 15.1. The van der Waals surface area contributed by atoms with E-state index in [4.69, 9.17) is 0 Å². The van der Waals surface area contributed by atoms with E-state index in [2.05, 4.69) is 28.9 Å². The van der Waals surface area contributed by atoms with Gasteiger partial charge in [-0.2, -0.15) is 5.26 Å². The summed E-state index contributed by atoms with van der Waals surface area (Å²) in [5.41, 5.74) is 3.86. The first-order valence-electron chi connectivity index (χ1n) is 6.40. The Labute approximate surface area is 114 Å². The molecule has 3 nitrogen and oxygen atoms in total. The highest BCUT2D eigenvalue weighted by molar-refractivity contribution is 5.60. The van der Waals surface area contributed by atoms with E-state index >= 15 is 0 Å². The normalized spacial score (nSPS) is 9.95. The number of hydrogen-bond donors (Lipinski definition) is 0. The van der Waals surface area contributed by atoms with Crippen molar-refractivity contribution in [3.8, 4) is 6.07 Å². The second kappa shape index (κ2) is 6.01. The largest absolute Gasteiger partial charge is 0.365 e. The second-order valence-electron chi connectivity index (χ2n) is 4.47. The van der Waals surface area contributed by atoms with E-state index in [0.717, 1.165) is 30.0 Å². The molecule has 0 aliphatic rings. The van der Waals surface area contributed by atoms with Crippen LogP contribution in [0, 0.1) is 18.3 Å².